The Bertz CT molecular complexity index is 1790. The number of aromatic nitrogens is 5. The van der Waals surface area contributed by atoms with Crippen molar-refractivity contribution >= 4 is 34.7 Å². The highest BCUT2D eigenvalue weighted by Crippen LogP contribution is 2.46. The highest BCUT2D eigenvalue weighted by atomic mass is 19.4. The molecule has 0 aliphatic heterocycles. The van der Waals surface area contributed by atoms with Gasteiger partial charge in [-0.15, -0.1) is 0 Å². The number of carbonyl (C=O) groups excluding carboxylic acids is 1. The number of aromatic amines is 1. The lowest BCUT2D eigenvalue weighted by molar-refractivity contribution is -0.138. The van der Waals surface area contributed by atoms with Gasteiger partial charge >= 0.3 is 12.1 Å². The quantitative estimate of drug-likeness (QED) is 0.152. The van der Waals surface area contributed by atoms with Crippen LogP contribution in [0.3, 0.4) is 0 Å². The van der Waals surface area contributed by atoms with E-state index in [4.69, 9.17) is 9.84 Å². The van der Waals surface area contributed by atoms with Crippen LogP contribution in [0.4, 0.5) is 24.8 Å². The summed E-state index contributed by atoms with van der Waals surface area (Å²) < 4.78 is 48.1. The van der Waals surface area contributed by atoms with Gasteiger partial charge in [-0.2, -0.15) is 18.2 Å². The van der Waals surface area contributed by atoms with Crippen LogP contribution in [0.5, 0.6) is 0 Å². The van der Waals surface area contributed by atoms with Crippen LogP contribution in [0.1, 0.15) is 84.6 Å². The number of amides is 1. The zero-order valence-electron chi connectivity index (χ0n) is 26.9. The summed E-state index contributed by atoms with van der Waals surface area (Å²) in [6.07, 6.45) is 5.23. The second-order valence-electron chi connectivity index (χ2n) is 13.0. The summed E-state index contributed by atoms with van der Waals surface area (Å²) in [4.78, 5) is 46.7. The molecular formula is C34H38F3N7O4. The third kappa shape index (κ3) is 7.43. The standard InChI is InChI=1S/C34H38F3N7O4/c1-44(18-33(19-48-2)12-4-3-5-13-33)26-15-25(22-14-23(34(35,36)37)28(39-17-22)21-8-9-21)40-30-29(26)41-32(42-30)43-31(47)24-10-6-20(16-38-24)7-11-27(45)46/h6,10,14-17,21H,3-5,7-9,11-13,18-19H2,1-2H3,(H,45,46)(H2,40,41,42,43,47). The van der Waals surface area contributed by atoms with Gasteiger partial charge in [0.05, 0.1) is 29.2 Å². The summed E-state index contributed by atoms with van der Waals surface area (Å²) >= 11 is 0. The van der Waals surface area contributed by atoms with Crippen molar-refractivity contribution in [1.82, 2.24) is 24.9 Å². The minimum atomic E-state index is -4.57. The van der Waals surface area contributed by atoms with Crippen LogP contribution in [-0.4, -0.2) is 69.2 Å². The summed E-state index contributed by atoms with van der Waals surface area (Å²) in [6.45, 7) is 1.21. The second kappa shape index (κ2) is 13.5. The number of nitrogens with zero attached hydrogens (tertiary/aromatic N) is 5. The molecule has 6 rings (SSSR count). The van der Waals surface area contributed by atoms with Gasteiger partial charge in [-0.25, -0.2) is 4.98 Å². The third-order valence-corrected chi connectivity index (χ3v) is 9.19. The number of hydrogen-bond acceptors (Lipinski definition) is 8. The van der Waals surface area contributed by atoms with Crippen LogP contribution in [-0.2, 0) is 22.1 Å². The zero-order chi connectivity index (χ0) is 34.1. The Kier molecular flexibility index (Phi) is 9.37. The SMILES string of the molecule is COCC1(CN(C)c2cc(-c3cnc(C4CC4)c(C(F)(F)F)c3)nc3nc(NC(=O)c4ccc(CCC(=O)O)cn4)[nH]c23)CCCCC1. The van der Waals surface area contributed by atoms with E-state index in [0.717, 1.165) is 38.2 Å². The van der Waals surface area contributed by atoms with Gasteiger partial charge in [-0.05, 0) is 55.9 Å². The smallest absolute Gasteiger partial charge is 0.418 e. The maximum Gasteiger partial charge on any atom is 0.418 e. The Morgan fingerprint density at radius 2 is 1.88 bits per heavy atom. The molecule has 2 fully saturated rings. The first-order valence-corrected chi connectivity index (χ1v) is 16.1. The number of pyridine rings is 3. The van der Waals surface area contributed by atoms with Crippen molar-refractivity contribution in [3.8, 4) is 11.3 Å². The Labute approximate surface area is 275 Å². The number of methoxy groups -OCH3 is 1. The number of fused-ring (bicyclic) bond motifs is 1. The third-order valence-electron chi connectivity index (χ3n) is 9.19. The lowest BCUT2D eigenvalue weighted by atomic mass is 9.74. The van der Waals surface area contributed by atoms with Crippen LogP contribution >= 0.6 is 0 Å². The Morgan fingerprint density at radius 1 is 1.10 bits per heavy atom. The number of ether oxygens (including phenoxy) is 1. The summed E-state index contributed by atoms with van der Waals surface area (Å²) in [5, 5.41) is 11.6. The van der Waals surface area contributed by atoms with E-state index in [2.05, 4.69) is 35.1 Å². The van der Waals surface area contributed by atoms with Crippen LogP contribution in [0.2, 0.25) is 0 Å². The Balaban J connectivity index is 1.36. The van der Waals surface area contributed by atoms with Crippen LogP contribution in [0.25, 0.3) is 22.4 Å². The van der Waals surface area contributed by atoms with E-state index in [1.165, 1.54) is 18.5 Å². The van der Waals surface area contributed by atoms with Crippen molar-refractivity contribution in [2.24, 2.45) is 5.41 Å². The molecular weight excluding hydrogens is 627 g/mol. The van der Waals surface area contributed by atoms with Crippen molar-refractivity contribution in [3.05, 3.63) is 59.2 Å². The predicted octanol–water partition coefficient (Wildman–Crippen LogP) is 6.61. The van der Waals surface area contributed by atoms with Gasteiger partial charge in [0, 0.05) is 56.4 Å². The highest BCUT2D eigenvalue weighted by molar-refractivity contribution is 6.03. The number of H-pyrrole nitrogens is 1. The van der Waals surface area contributed by atoms with Crippen molar-refractivity contribution in [2.45, 2.75) is 69.9 Å². The molecule has 4 aromatic heterocycles. The van der Waals surface area contributed by atoms with Crippen LogP contribution in [0.15, 0.2) is 36.7 Å². The number of carbonyl (C=O) groups is 2. The lowest BCUT2D eigenvalue weighted by Gasteiger charge is -2.40. The fraction of sp³-hybridized carbons (Fsp3) is 0.471. The normalized spacial score (nSPS) is 16.2. The van der Waals surface area contributed by atoms with Crippen molar-refractivity contribution in [3.63, 3.8) is 0 Å². The number of halogens is 3. The fourth-order valence-electron chi connectivity index (χ4n) is 6.68. The fourth-order valence-corrected chi connectivity index (χ4v) is 6.68. The van der Waals surface area contributed by atoms with E-state index >= 15 is 0 Å². The van der Waals surface area contributed by atoms with Gasteiger partial charge < -0.3 is 19.7 Å². The Hall–Kier alpha value is -4.59. The summed E-state index contributed by atoms with van der Waals surface area (Å²) in [6, 6.07) is 6.00. The molecule has 0 spiro atoms. The minimum Gasteiger partial charge on any atom is -0.481 e. The summed E-state index contributed by atoms with van der Waals surface area (Å²) in [7, 11) is 3.62. The number of carboxylic acids is 1. The number of alkyl halides is 3. The molecule has 3 N–H and O–H groups in total. The molecule has 0 atom stereocenters. The van der Waals surface area contributed by atoms with Crippen LogP contribution < -0.4 is 10.2 Å². The topological polar surface area (TPSA) is 146 Å². The molecule has 0 unspecified atom stereocenters. The molecule has 2 aliphatic rings. The predicted molar refractivity (Wildman–Crippen MR) is 173 cm³/mol. The van der Waals surface area contributed by atoms with E-state index in [1.54, 1.807) is 19.2 Å². The Morgan fingerprint density at radius 3 is 2.52 bits per heavy atom. The maximum atomic E-state index is 14.2. The first-order valence-electron chi connectivity index (χ1n) is 16.1. The molecule has 1 amide bonds. The van der Waals surface area contributed by atoms with Crippen molar-refractivity contribution < 1.29 is 32.6 Å². The molecule has 48 heavy (non-hydrogen) atoms. The number of aliphatic carboxylic acids is 1. The maximum absolute atomic E-state index is 14.2. The summed E-state index contributed by atoms with van der Waals surface area (Å²) in [5.41, 5.74) is 1.86. The number of imidazole rings is 1. The van der Waals surface area contributed by atoms with E-state index in [9.17, 15) is 22.8 Å². The molecule has 0 aromatic carbocycles. The van der Waals surface area contributed by atoms with Crippen molar-refractivity contribution in [2.75, 3.05) is 37.5 Å². The van der Waals surface area contributed by atoms with Gasteiger partial charge in [0.1, 0.15) is 11.2 Å². The first kappa shape index (κ1) is 33.3. The lowest BCUT2D eigenvalue weighted by Crippen LogP contribution is -2.40. The molecule has 0 saturated heterocycles. The second-order valence-corrected chi connectivity index (χ2v) is 13.0. The number of aryl methyl sites for hydroxylation is 1. The van der Waals surface area contributed by atoms with Gasteiger partial charge in [-0.3, -0.25) is 24.9 Å². The minimum absolute atomic E-state index is 0.0528. The number of nitrogens with one attached hydrogen (secondary N) is 2. The van der Waals surface area contributed by atoms with E-state index in [-0.39, 0.29) is 58.4 Å². The van der Waals surface area contributed by atoms with Gasteiger partial charge in [0.15, 0.2) is 5.65 Å². The number of rotatable bonds is 12. The molecule has 14 heteroatoms. The molecule has 2 aliphatic carbocycles. The molecule has 254 valence electrons. The molecule has 11 nitrogen and oxygen atoms in total. The number of hydrogen-bond donors (Lipinski definition) is 3. The number of anilines is 2. The first-order chi connectivity index (χ1) is 22.9. The molecule has 0 bridgehead atoms. The average molecular weight is 666 g/mol. The molecule has 4 heterocycles. The largest absolute Gasteiger partial charge is 0.481 e. The van der Waals surface area contributed by atoms with E-state index in [0.29, 0.717) is 42.8 Å². The summed E-state index contributed by atoms with van der Waals surface area (Å²) in [5.74, 6) is -1.57. The zero-order valence-corrected chi connectivity index (χ0v) is 26.9. The number of carboxylic acid groups (broad SMARTS) is 1. The van der Waals surface area contributed by atoms with Gasteiger partial charge in [-0.1, -0.05) is 25.3 Å². The molecule has 4 aromatic rings. The van der Waals surface area contributed by atoms with E-state index in [1.807, 2.05) is 7.05 Å². The molecule has 0 radical (unpaired) electrons. The average Bonchev–Trinajstić information content (AvgIpc) is 3.82. The monoisotopic (exact) mass is 665 g/mol. The van der Waals surface area contributed by atoms with Crippen molar-refractivity contribution in [1.29, 1.82) is 0 Å². The van der Waals surface area contributed by atoms with Crippen LogP contribution in [0, 0.1) is 5.41 Å². The molecule has 2 saturated carbocycles. The highest BCUT2D eigenvalue weighted by Gasteiger charge is 2.40. The van der Waals surface area contributed by atoms with Gasteiger partial charge in [0.2, 0.25) is 5.95 Å². The van der Waals surface area contributed by atoms with E-state index < -0.39 is 23.6 Å². The van der Waals surface area contributed by atoms with Gasteiger partial charge in [0.25, 0.3) is 5.91 Å².